The summed E-state index contributed by atoms with van der Waals surface area (Å²) in [6.07, 6.45) is 92.6. The summed E-state index contributed by atoms with van der Waals surface area (Å²) < 4.78 is 16.9. The molecule has 0 N–H and O–H groups in total. The first-order valence-corrected chi connectivity index (χ1v) is 33.9. The summed E-state index contributed by atoms with van der Waals surface area (Å²) in [4.78, 5) is 38.3. The normalized spacial score (nSPS) is 12.8. The SMILES string of the molecule is CC/C=C\C/C=C\C/C=C\C/C=C\C/C=C\C/C=C\CCCCCCCCCCCCCCCCCCC(=O)OCC(COC(=O)CCCCCCC/C=C\CCCCC)OC(=O)CCCCCCC/C=C\C/C=C\CCCCC. The van der Waals surface area contributed by atoms with Gasteiger partial charge in [0.2, 0.25) is 0 Å². The second-order valence-corrected chi connectivity index (χ2v) is 22.3. The van der Waals surface area contributed by atoms with Crippen molar-refractivity contribution in [3.8, 4) is 0 Å². The van der Waals surface area contributed by atoms with Crippen LogP contribution in [0.15, 0.2) is 109 Å². The maximum atomic E-state index is 12.9. The van der Waals surface area contributed by atoms with Crippen molar-refractivity contribution < 1.29 is 28.6 Å². The number of hydrogen-bond acceptors (Lipinski definition) is 6. The molecule has 0 aliphatic carbocycles. The molecule has 0 fully saturated rings. The summed E-state index contributed by atoms with van der Waals surface area (Å²) in [7, 11) is 0. The fourth-order valence-corrected chi connectivity index (χ4v) is 9.41. The zero-order chi connectivity index (χ0) is 57.8. The molecular formula is C74H126O6. The van der Waals surface area contributed by atoms with E-state index in [1.165, 1.54) is 154 Å². The lowest BCUT2D eigenvalue weighted by molar-refractivity contribution is -0.167. The van der Waals surface area contributed by atoms with Gasteiger partial charge in [-0.1, -0.05) is 284 Å². The van der Waals surface area contributed by atoms with Crippen molar-refractivity contribution in [3.05, 3.63) is 109 Å². The minimum absolute atomic E-state index is 0.0839. The molecule has 0 saturated carbocycles. The molecule has 6 heteroatoms. The van der Waals surface area contributed by atoms with E-state index in [9.17, 15) is 14.4 Å². The van der Waals surface area contributed by atoms with E-state index in [4.69, 9.17) is 14.2 Å². The summed E-state index contributed by atoms with van der Waals surface area (Å²) in [5.74, 6) is -0.898. The highest BCUT2D eigenvalue weighted by atomic mass is 16.6. The third-order valence-electron chi connectivity index (χ3n) is 14.5. The monoisotopic (exact) mass is 1110 g/mol. The van der Waals surface area contributed by atoms with Crippen molar-refractivity contribution in [2.45, 2.75) is 329 Å². The van der Waals surface area contributed by atoms with E-state index in [0.717, 1.165) is 128 Å². The summed E-state index contributed by atoms with van der Waals surface area (Å²) >= 11 is 0. The van der Waals surface area contributed by atoms with Gasteiger partial charge in [0.05, 0.1) is 0 Å². The van der Waals surface area contributed by atoms with Crippen molar-refractivity contribution in [2.75, 3.05) is 13.2 Å². The molecular weight excluding hydrogens is 985 g/mol. The van der Waals surface area contributed by atoms with Gasteiger partial charge in [0.25, 0.3) is 0 Å². The zero-order valence-electron chi connectivity index (χ0n) is 52.6. The number of carbonyl (C=O) groups is 3. The number of esters is 3. The predicted octanol–water partition coefficient (Wildman–Crippen LogP) is 23.4. The van der Waals surface area contributed by atoms with Gasteiger partial charge in [-0.25, -0.2) is 0 Å². The highest BCUT2D eigenvalue weighted by molar-refractivity contribution is 5.71. The minimum Gasteiger partial charge on any atom is -0.462 e. The Bertz CT molecular complexity index is 1610. The number of ether oxygens (including phenoxy) is 3. The van der Waals surface area contributed by atoms with Gasteiger partial charge in [-0.15, -0.1) is 0 Å². The van der Waals surface area contributed by atoms with E-state index in [2.05, 4.69) is 130 Å². The molecule has 0 aromatic rings. The van der Waals surface area contributed by atoms with Gasteiger partial charge in [-0.05, 0) is 128 Å². The van der Waals surface area contributed by atoms with Crippen molar-refractivity contribution in [2.24, 2.45) is 0 Å². The molecule has 80 heavy (non-hydrogen) atoms. The van der Waals surface area contributed by atoms with Gasteiger partial charge < -0.3 is 14.2 Å². The first kappa shape index (κ1) is 76.1. The van der Waals surface area contributed by atoms with Crippen molar-refractivity contribution in [1.29, 1.82) is 0 Å². The number of allylic oxidation sites excluding steroid dienone is 18. The Morgan fingerprint density at radius 2 is 0.487 bits per heavy atom. The molecule has 6 nitrogen and oxygen atoms in total. The van der Waals surface area contributed by atoms with Crippen LogP contribution in [-0.4, -0.2) is 37.2 Å². The third-order valence-corrected chi connectivity index (χ3v) is 14.5. The molecule has 0 aromatic carbocycles. The van der Waals surface area contributed by atoms with Gasteiger partial charge in [-0.2, -0.15) is 0 Å². The third kappa shape index (κ3) is 64.9. The van der Waals surface area contributed by atoms with Crippen LogP contribution in [0.1, 0.15) is 323 Å². The minimum atomic E-state index is -0.788. The molecule has 0 aliphatic heterocycles. The second kappa shape index (κ2) is 67.6. The van der Waals surface area contributed by atoms with E-state index >= 15 is 0 Å². The highest BCUT2D eigenvalue weighted by Gasteiger charge is 2.19. The van der Waals surface area contributed by atoms with Crippen molar-refractivity contribution >= 4 is 17.9 Å². The second-order valence-electron chi connectivity index (χ2n) is 22.3. The number of carbonyl (C=O) groups excluding carboxylic acids is 3. The van der Waals surface area contributed by atoms with Crippen LogP contribution in [0.5, 0.6) is 0 Å². The average molecular weight is 1110 g/mol. The fraction of sp³-hybridized carbons (Fsp3) is 0.716. The van der Waals surface area contributed by atoms with Gasteiger partial charge in [0.15, 0.2) is 6.10 Å². The number of unbranched alkanes of at least 4 members (excludes halogenated alkanes) is 32. The molecule has 458 valence electrons. The topological polar surface area (TPSA) is 78.9 Å². The van der Waals surface area contributed by atoms with Crippen molar-refractivity contribution in [3.63, 3.8) is 0 Å². The smallest absolute Gasteiger partial charge is 0.306 e. The molecule has 0 saturated heterocycles. The quantitative estimate of drug-likeness (QED) is 0.0261. The average Bonchev–Trinajstić information content (AvgIpc) is 3.46. The first-order valence-electron chi connectivity index (χ1n) is 33.9. The van der Waals surface area contributed by atoms with Gasteiger partial charge in [0.1, 0.15) is 13.2 Å². The largest absolute Gasteiger partial charge is 0.462 e. The van der Waals surface area contributed by atoms with Crippen LogP contribution in [0.3, 0.4) is 0 Å². The van der Waals surface area contributed by atoms with Crippen LogP contribution in [0, 0.1) is 0 Å². The van der Waals surface area contributed by atoms with Crippen LogP contribution < -0.4 is 0 Å². The van der Waals surface area contributed by atoms with E-state index in [1.54, 1.807) is 0 Å². The summed E-state index contributed by atoms with van der Waals surface area (Å²) in [6.45, 7) is 6.48. The van der Waals surface area contributed by atoms with Crippen LogP contribution in [0.4, 0.5) is 0 Å². The molecule has 0 radical (unpaired) electrons. The summed E-state index contributed by atoms with van der Waals surface area (Å²) in [5, 5.41) is 0. The molecule has 0 spiro atoms. The number of hydrogen-bond donors (Lipinski definition) is 0. The lowest BCUT2D eigenvalue weighted by Gasteiger charge is -2.18. The molecule has 0 heterocycles. The van der Waals surface area contributed by atoms with E-state index < -0.39 is 6.10 Å². The lowest BCUT2D eigenvalue weighted by atomic mass is 10.0. The molecule has 0 bridgehead atoms. The van der Waals surface area contributed by atoms with Gasteiger partial charge in [-0.3, -0.25) is 14.4 Å². The maximum Gasteiger partial charge on any atom is 0.306 e. The van der Waals surface area contributed by atoms with Crippen LogP contribution in [-0.2, 0) is 28.6 Å². The fourth-order valence-electron chi connectivity index (χ4n) is 9.41. The Balaban J connectivity index is 4.14. The van der Waals surface area contributed by atoms with E-state index in [-0.39, 0.29) is 31.1 Å². The first-order chi connectivity index (χ1) is 39.5. The number of rotatable bonds is 61. The van der Waals surface area contributed by atoms with E-state index in [1.807, 2.05) is 0 Å². The highest BCUT2D eigenvalue weighted by Crippen LogP contribution is 2.16. The molecule has 0 rings (SSSR count). The predicted molar refractivity (Wildman–Crippen MR) is 348 cm³/mol. The van der Waals surface area contributed by atoms with Gasteiger partial charge >= 0.3 is 17.9 Å². The maximum absolute atomic E-state index is 12.9. The lowest BCUT2D eigenvalue weighted by Crippen LogP contribution is -2.30. The Morgan fingerprint density at radius 3 is 0.775 bits per heavy atom. The van der Waals surface area contributed by atoms with Crippen LogP contribution in [0.25, 0.3) is 0 Å². The Morgan fingerprint density at radius 1 is 0.263 bits per heavy atom. The van der Waals surface area contributed by atoms with Gasteiger partial charge in [0, 0.05) is 19.3 Å². The Kier molecular flexibility index (Phi) is 64.3. The summed E-state index contributed by atoms with van der Waals surface area (Å²) in [5.41, 5.74) is 0. The molecule has 0 amide bonds. The van der Waals surface area contributed by atoms with Crippen LogP contribution >= 0.6 is 0 Å². The zero-order valence-corrected chi connectivity index (χ0v) is 52.6. The molecule has 0 aromatic heterocycles. The molecule has 1 atom stereocenters. The molecule has 0 aliphatic rings. The standard InChI is InChI=1S/C74H126O6/c1-4-7-10-13-16-19-22-25-27-28-29-30-31-32-33-34-35-36-37-38-39-40-41-42-43-44-45-46-48-49-52-55-58-61-64-67-73(76)79-70-71(69-78-72(75)66-63-60-57-54-51-24-21-18-15-12-9-6-3)80-74(77)68-65-62-59-56-53-50-47-26-23-20-17-14-11-8-5-2/h7,10,16-21,25-27,29-30,32-33,35-36,47,71H,4-6,8-9,11-15,22-24,28,31,34,37-46,48-70H2,1-3H3/b10-7-,19-16-,20-17-,21-18-,27-25-,30-29-,33-32-,36-35-,47-26-. The summed E-state index contributed by atoms with van der Waals surface area (Å²) in [6, 6.07) is 0. The Labute approximate surface area is 495 Å². The van der Waals surface area contributed by atoms with Crippen molar-refractivity contribution in [1.82, 2.24) is 0 Å². The van der Waals surface area contributed by atoms with Crippen LogP contribution in [0.2, 0.25) is 0 Å². The van der Waals surface area contributed by atoms with E-state index in [0.29, 0.717) is 19.3 Å². The molecule has 1 unspecified atom stereocenters. The Hall–Kier alpha value is -3.93.